The van der Waals surface area contributed by atoms with Crippen molar-refractivity contribution in [2.45, 2.75) is 41.9 Å². The molecule has 3 amide bonds. The van der Waals surface area contributed by atoms with E-state index in [2.05, 4.69) is 31.9 Å². The number of hydrogen-bond donors (Lipinski definition) is 0. The third kappa shape index (κ3) is 4.73. The number of carbonyl (C=O) groups excluding carboxylic acids is 4. The van der Waals surface area contributed by atoms with Crippen LogP contribution in [0.3, 0.4) is 0 Å². The van der Waals surface area contributed by atoms with Gasteiger partial charge in [-0.1, -0.05) is 69.1 Å². The molecule has 4 rings (SSSR count). The molecule has 2 aromatic rings. The summed E-state index contributed by atoms with van der Waals surface area (Å²) < 4.78 is 0. The molecule has 1 heterocycles. The van der Waals surface area contributed by atoms with Gasteiger partial charge in [-0.15, -0.1) is 0 Å². The second-order valence-electron chi connectivity index (χ2n) is 8.81. The predicted octanol–water partition coefficient (Wildman–Crippen LogP) is 4.54. The highest BCUT2D eigenvalue weighted by molar-refractivity contribution is 9.12. The Balaban J connectivity index is 1.78. The highest BCUT2D eigenvalue weighted by Gasteiger charge is 2.56. The highest BCUT2D eigenvalue weighted by Crippen LogP contribution is 2.44. The summed E-state index contributed by atoms with van der Waals surface area (Å²) in [5, 5.41) is 12.9. The van der Waals surface area contributed by atoms with Crippen molar-refractivity contribution in [3.05, 3.63) is 75.8 Å². The van der Waals surface area contributed by atoms with Gasteiger partial charge in [-0.25, -0.2) is 5.01 Å². The van der Waals surface area contributed by atoms with E-state index in [0.29, 0.717) is 18.4 Å². The number of ketones is 1. The van der Waals surface area contributed by atoms with Gasteiger partial charge in [0.25, 0.3) is 23.4 Å². The second-order valence-corrected chi connectivity index (χ2v) is 11.2. The van der Waals surface area contributed by atoms with Gasteiger partial charge in [0.05, 0.1) is 16.8 Å². The maximum absolute atomic E-state index is 13.8. The number of imide groups is 1. The number of nitrogens with zero attached hydrogens (tertiary/aromatic N) is 3. The van der Waals surface area contributed by atoms with Gasteiger partial charge in [-0.3, -0.25) is 29.3 Å². The third-order valence-corrected chi connectivity index (χ3v) is 9.41. The van der Waals surface area contributed by atoms with Crippen molar-refractivity contribution in [1.82, 2.24) is 10.0 Å². The number of hydrazine groups is 1. The number of alkyl halides is 2. The van der Waals surface area contributed by atoms with Crippen LogP contribution in [-0.2, 0) is 9.59 Å². The lowest BCUT2D eigenvalue weighted by molar-refractivity contribution is -0.384. The minimum Gasteiger partial charge on any atom is -0.292 e. The molecule has 1 saturated carbocycles. The topological polar surface area (TPSA) is 118 Å². The van der Waals surface area contributed by atoms with E-state index in [4.69, 9.17) is 0 Å². The molecule has 1 aliphatic heterocycles. The van der Waals surface area contributed by atoms with Gasteiger partial charge < -0.3 is 0 Å². The van der Waals surface area contributed by atoms with Crippen molar-refractivity contribution in [3.63, 3.8) is 0 Å². The van der Waals surface area contributed by atoms with Gasteiger partial charge in [0.2, 0.25) is 0 Å². The quantitative estimate of drug-likeness (QED) is 0.147. The fourth-order valence-electron chi connectivity index (χ4n) is 4.78. The van der Waals surface area contributed by atoms with Gasteiger partial charge in [0.15, 0.2) is 5.78 Å². The minimum atomic E-state index is -1.14. The van der Waals surface area contributed by atoms with Gasteiger partial charge in [-0.05, 0) is 31.4 Å². The summed E-state index contributed by atoms with van der Waals surface area (Å²) >= 11 is 7.11. The number of fused-ring (bicyclic) bond motifs is 1. The fraction of sp³-hybridized carbons (Fsp3) is 0.360. The number of halogens is 2. The average Bonchev–Trinajstić information content (AvgIpc) is 3.11. The number of benzene rings is 2. The van der Waals surface area contributed by atoms with E-state index < -0.39 is 46.3 Å². The lowest BCUT2D eigenvalue weighted by atomic mass is 9.81. The summed E-state index contributed by atoms with van der Waals surface area (Å²) in [4.78, 5) is 64.9. The number of Topliss-reactive ketones (excluding diaryl/α,β-unsaturated/α-hetero) is 1. The maximum Gasteiger partial charge on any atom is 0.273 e. The largest absolute Gasteiger partial charge is 0.292 e. The summed E-state index contributed by atoms with van der Waals surface area (Å²) in [5.74, 6) is -3.46. The summed E-state index contributed by atoms with van der Waals surface area (Å²) in [7, 11) is 0. The van der Waals surface area contributed by atoms with E-state index in [9.17, 15) is 29.3 Å². The molecule has 5 atom stereocenters. The number of nitro groups is 1. The van der Waals surface area contributed by atoms with Gasteiger partial charge in [-0.2, -0.15) is 5.01 Å². The first kappa shape index (κ1) is 26.2. The number of nitro benzene ring substituents is 1. The molecule has 0 radical (unpaired) electrons. The number of rotatable bonds is 7. The number of non-ortho nitro benzene ring substituents is 1. The molecule has 2 aromatic carbocycles. The Kier molecular flexibility index (Phi) is 7.70. The Bertz CT molecular complexity index is 1180. The first-order valence-electron chi connectivity index (χ1n) is 11.5. The zero-order valence-corrected chi connectivity index (χ0v) is 22.4. The van der Waals surface area contributed by atoms with Crippen LogP contribution in [0.1, 0.15) is 46.9 Å². The zero-order valence-electron chi connectivity index (χ0n) is 19.3. The molecule has 9 nitrogen and oxygen atoms in total. The molecule has 2 aliphatic rings. The number of amides is 3. The van der Waals surface area contributed by atoms with Crippen LogP contribution in [-0.4, -0.2) is 54.1 Å². The van der Waals surface area contributed by atoms with Crippen molar-refractivity contribution >= 4 is 61.1 Å². The van der Waals surface area contributed by atoms with E-state index in [1.165, 1.54) is 24.3 Å². The molecule has 0 spiro atoms. The molecule has 188 valence electrons. The molecule has 0 aromatic heterocycles. The van der Waals surface area contributed by atoms with E-state index in [-0.39, 0.29) is 27.3 Å². The Morgan fingerprint density at radius 3 is 1.97 bits per heavy atom. The Labute approximate surface area is 224 Å². The standard InChI is InChI=1S/C25H23Br2N3O6/c1-2-21(22(31)14-6-4-3-5-7-14)28(23(32)15-8-10-16(11-9-15)30(35)36)29-24(33)17-12-19(26)20(27)13-18(17)25(29)34/h3-11,17-21H,2,12-13H2,1H3/t17-,18+,19-,20-,21+/m0/s1. The van der Waals surface area contributed by atoms with Gasteiger partial charge in [0.1, 0.15) is 6.04 Å². The van der Waals surface area contributed by atoms with Gasteiger partial charge in [0, 0.05) is 32.9 Å². The Hall–Kier alpha value is -2.92. The van der Waals surface area contributed by atoms with Crippen LogP contribution in [0.4, 0.5) is 5.69 Å². The maximum atomic E-state index is 13.8. The lowest BCUT2D eigenvalue weighted by Gasteiger charge is -2.36. The predicted molar refractivity (Wildman–Crippen MR) is 138 cm³/mol. The summed E-state index contributed by atoms with van der Waals surface area (Å²) in [6.07, 6.45) is 0.955. The Morgan fingerprint density at radius 1 is 0.972 bits per heavy atom. The molecule has 1 aliphatic carbocycles. The second kappa shape index (κ2) is 10.6. The number of carbonyl (C=O) groups is 4. The van der Waals surface area contributed by atoms with Crippen LogP contribution in [0.15, 0.2) is 54.6 Å². The van der Waals surface area contributed by atoms with Crippen LogP contribution in [0.2, 0.25) is 0 Å². The van der Waals surface area contributed by atoms with Crippen molar-refractivity contribution in [3.8, 4) is 0 Å². The van der Waals surface area contributed by atoms with Crippen molar-refractivity contribution in [2.24, 2.45) is 11.8 Å². The molecular formula is C25H23Br2N3O6. The molecule has 36 heavy (non-hydrogen) atoms. The van der Waals surface area contributed by atoms with Crippen LogP contribution >= 0.6 is 31.9 Å². The molecule has 0 unspecified atom stereocenters. The molecule has 1 saturated heterocycles. The van der Waals surface area contributed by atoms with Crippen LogP contribution < -0.4 is 0 Å². The normalized spacial score (nSPS) is 24.2. The first-order chi connectivity index (χ1) is 17.1. The van der Waals surface area contributed by atoms with E-state index in [1.54, 1.807) is 37.3 Å². The smallest absolute Gasteiger partial charge is 0.273 e. The average molecular weight is 621 g/mol. The SMILES string of the molecule is CC[C@H](C(=O)c1ccccc1)N(C(=O)c1ccc([N+](=O)[O-])cc1)N1C(=O)[C@H]2C[C@H](Br)[C@@H](Br)C[C@H]2C1=O. The molecule has 11 heteroatoms. The summed E-state index contributed by atoms with van der Waals surface area (Å²) in [6, 6.07) is 12.1. The van der Waals surface area contributed by atoms with Crippen LogP contribution in [0.5, 0.6) is 0 Å². The molecule has 0 N–H and O–H groups in total. The molecular weight excluding hydrogens is 598 g/mol. The summed E-state index contributed by atoms with van der Waals surface area (Å²) in [5.41, 5.74) is 0.145. The van der Waals surface area contributed by atoms with E-state index in [1.807, 2.05) is 0 Å². The van der Waals surface area contributed by atoms with Crippen LogP contribution in [0.25, 0.3) is 0 Å². The van der Waals surface area contributed by atoms with Crippen molar-refractivity contribution < 1.29 is 24.1 Å². The summed E-state index contributed by atoms with van der Waals surface area (Å²) in [6.45, 7) is 1.70. The molecule has 2 fully saturated rings. The highest BCUT2D eigenvalue weighted by atomic mass is 79.9. The number of hydrogen-bond acceptors (Lipinski definition) is 6. The molecule has 0 bridgehead atoms. The van der Waals surface area contributed by atoms with Crippen molar-refractivity contribution in [1.29, 1.82) is 0 Å². The monoisotopic (exact) mass is 619 g/mol. The van der Waals surface area contributed by atoms with Crippen LogP contribution in [0, 0.1) is 22.0 Å². The van der Waals surface area contributed by atoms with E-state index >= 15 is 0 Å². The first-order valence-corrected chi connectivity index (χ1v) is 13.3. The third-order valence-electron chi connectivity index (χ3n) is 6.68. The lowest BCUT2D eigenvalue weighted by Crippen LogP contribution is -2.57. The van der Waals surface area contributed by atoms with Crippen molar-refractivity contribution in [2.75, 3.05) is 0 Å². The Morgan fingerprint density at radius 2 is 1.50 bits per heavy atom. The van der Waals surface area contributed by atoms with Gasteiger partial charge >= 0.3 is 0 Å². The van der Waals surface area contributed by atoms with E-state index in [0.717, 1.165) is 10.0 Å². The zero-order chi connectivity index (χ0) is 26.1. The minimum absolute atomic E-state index is 0.0205. The fourth-order valence-corrected chi connectivity index (χ4v) is 6.02.